The van der Waals surface area contributed by atoms with Crippen LogP contribution in [0.4, 0.5) is 10.2 Å². The van der Waals surface area contributed by atoms with Gasteiger partial charge in [0.15, 0.2) is 5.82 Å². The van der Waals surface area contributed by atoms with Crippen LogP contribution < -0.4 is 5.32 Å². The minimum atomic E-state index is -0.213. The summed E-state index contributed by atoms with van der Waals surface area (Å²) in [5, 5.41) is 4.62. The molecule has 0 spiro atoms. The molecule has 0 unspecified atom stereocenters. The number of benzene rings is 1. The van der Waals surface area contributed by atoms with Crippen LogP contribution in [0.3, 0.4) is 0 Å². The summed E-state index contributed by atoms with van der Waals surface area (Å²) >= 11 is 0. The van der Waals surface area contributed by atoms with E-state index in [0.717, 1.165) is 23.4 Å². The molecule has 23 heavy (non-hydrogen) atoms. The number of nitrogens with one attached hydrogen (secondary N) is 1. The number of halogens is 2. The van der Waals surface area contributed by atoms with Crippen molar-refractivity contribution < 1.29 is 4.39 Å². The predicted octanol–water partition coefficient (Wildman–Crippen LogP) is 4.85. The zero-order chi connectivity index (χ0) is 15.7. The third-order valence-electron chi connectivity index (χ3n) is 4.24. The van der Waals surface area contributed by atoms with Gasteiger partial charge in [-0.05, 0) is 50.1 Å². The Morgan fingerprint density at radius 2 is 1.83 bits per heavy atom. The van der Waals surface area contributed by atoms with Crippen LogP contribution in [0.1, 0.15) is 23.7 Å². The van der Waals surface area contributed by atoms with Gasteiger partial charge in [-0.25, -0.2) is 9.37 Å². The SMILES string of the molecule is CCn1c(C)c(C)c2ccnc(NCc3ccc(F)cc3)c21.Cl. The second-order valence-corrected chi connectivity index (χ2v) is 5.49. The van der Waals surface area contributed by atoms with E-state index in [-0.39, 0.29) is 18.2 Å². The van der Waals surface area contributed by atoms with Crippen LogP contribution in [-0.4, -0.2) is 9.55 Å². The first-order valence-corrected chi connectivity index (χ1v) is 7.54. The van der Waals surface area contributed by atoms with Crippen LogP contribution in [-0.2, 0) is 13.1 Å². The van der Waals surface area contributed by atoms with Gasteiger partial charge in [0.1, 0.15) is 5.82 Å². The van der Waals surface area contributed by atoms with E-state index < -0.39 is 0 Å². The Morgan fingerprint density at radius 3 is 2.48 bits per heavy atom. The molecule has 0 saturated carbocycles. The van der Waals surface area contributed by atoms with Crippen molar-refractivity contribution in [3.05, 3.63) is 59.2 Å². The second kappa shape index (κ2) is 7.01. The molecule has 2 aromatic heterocycles. The summed E-state index contributed by atoms with van der Waals surface area (Å²) in [4.78, 5) is 4.50. The molecule has 0 aliphatic heterocycles. The first-order chi connectivity index (χ1) is 10.6. The van der Waals surface area contributed by atoms with E-state index in [1.807, 2.05) is 6.20 Å². The Morgan fingerprint density at radius 1 is 1.13 bits per heavy atom. The number of aromatic nitrogens is 2. The molecule has 122 valence electrons. The van der Waals surface area contributed by atoms with Gasteiger partial charge in [0.2, 0.25) is 0 Å². The lowest BCUT2D eigenvalue weighted by molar-refractivity contribution is 0.627. The Kier molecular flexibility index (Phi) is 5.26. The molecule has 0 aliphatic rings. The summed E-state index contributed by atoms with van der Waals surface area (Å²) < 4.78 is 15.3. The zero-order valence-electron chi connectivity index (χ0n) is 13.6. The average molecular weight is 334 g/mol. The molecule has 0 bridgehead atoms. The highest BCUT2D eigenvalue weighted by Crippen LogP contribution is 2.29. The number of pyridine rings is 1. The van der Waals surface area contributed by atoms with Gasteiger partial charge in [-0.1, -0.05) is 12.1 Å². The maximum Gasteiger partial charge on any atom is 0.150 e. The van der Waals surface area contributed by atoms with Gasteiger partial charge in [-0.15, -0.1) is 12.4 Å². The summed E-state index contributed by atoms with van der Waals surface area (Å²) in [6, 6.07) is 8.60. The molecule has 0 amide bonds. The topological polar surface area (TPSA) is 29.9 Å². The van der Waals surface area contributed by atoms with Crippen molar-refractivity contribution in [1.82, 2.24) is 9.55 Å². The molecular weight excluding hydrogens is 313 g/mol. The lowest BCUT2D eigenvalue weighted by atomic mass is 10.2. The number of hydrogen-bond acceptors (Lipinski definition) is 2. The van der Waals surface area contributed by atoms with Gasteiger partial charge >= 0.3 is 0 Å². The molecule has 3 aromatic rings. The second-order valence-electron chi connectivity index (χ2n) is 5.49. The molecule has 0 fully saturated rings. The van der Waals surface area contributed by atoms with Gasteiger partial charge < -0.3 is 9.88 Å². The number of aryl methyl sites for hydroxylation is 2. The van der Waals surface area contributed by atoms with Crippen molar-refractivity contribution in [2.75, 3.05) is 5.32 Å². The summed E-state index contributed by atoms with van der Waals surface area (Å²) in [7, 11) is 0. The highest BCUT2D eigenvalue weighted by molar-refractivity contribution is 5.93. The summed E-state index contributed by atoms with van der Waals surface area (Å²) in [6.45, 7) is 7.96. The van der Waals surface area contributed by atoms with E-state index >= 15 is 0 Å². The van der Waals surface area contributed by atoms with E-state index in [1.54, 1.807) is 12.1 Å². The van der Waals surface area contributed by atoms with E-state index in [1.165, 1.54) is 28.8 Å². The first kappa shape index (κ1) is 17.3. The lowest BCUT2D eigenvalue weighted by Crippen LogP contribution is -2.05. The van der Waals surface area contributed by atoms with Crippen molar-refractivity contribution in [2.24, 2.45) is 0 Å². The maximum atomic E-state index is 13.0. The van der Waals surface area contributed by atoms with Crippen LogP contribution in [0, 0.1) is 19.7 Å². The third kappa shape index (κ3) is 3.17. The van der Waals surface area contributed by atoms with Crippen molar-refractivity contribution in [3.63, 3.8) is 0 Å². The fourth-order valence-electron chi connectivity index (χ4n) is 2.91. The minimum Gasteiger partial charge on any atom is -0.364 e. The molecule has 0 aliphatic carbocycles. The molecule has 1 N–H and O–H groups in total. The molecule has 0 saturated heterocycles. The number of nitrogens with zero attached hydrogens (tertiary/aromatic N) is 2. The highest BCUT2D eigenvalue weighted by Gasteiger charge is 2.13. The van der Waals surface area contributed by atoms with Gasteiger partial charge in [0, 0.05) is 30.4 Å². The summed E-state index contributed by atoms with van der Waals surface area (Å²) in [6.07, 6.45) is 1.84. The number of rotatable bonds is 4. The maximum absolute atomic E-state index is 13.0. The van der Waals surface area contributed by atoms with Gasteiger partial charge in [0.25, 0.3) is 0 Å². The summed E-state index contributed by atoms with van der Waals surface area (Å²) in [5.74, 6) is 0.662. The Hall–Kier alpha value is -2.07. The van der Waals surface area contributed by atoms with E-state index in [9.17, 15) is 4.39 Å². The van der Waals surface area contributed by atoms with Gasteiger partial charge in [0.05, 0.1) is 5.52 Å². The van der Waals surface area contributed by atoms with E-state index in [2.05, 4.69) is 41.7 Å². The quantitative estimate of drug-likeness (QED) is 0.740. The molecule has 0 atom stereocenters. The van der Waals surface area contributed by atoms with E-state index in [0.29, 0.717) is 6.54 Å². The van der Waals surface area contributed by atoms with Crippen molar-refractivity contribution in [1.29, 1.82) is 0 Å². The minimum absolute atomic E-state index is 0. The monoisotopic (exact) mass is 333 g/mol. The van der Waals surface area contributed by atoms with E-state index in [4.69, 9.17) is 0 Å². The molecule has 3 nitrogen and oxygen atoms in total. The standard InChI is InChI=1S/C18H20FN3.ClH/c1-4-22-13(3)12(2)16-9-10-20-18(17(16)22)21-11-14-5-7-15(19)8-6-14;/h5-10H,4,11H2,1-3H3,(H,20,21);1H. The van der Waals surface area contributed by atoms with Gasteiger partial charge in [-0.2, -0.15) is 0 Å². The lowest BCUT2D eigenvalue weighted by Gasteiger charge is -2.10. The normalized spacial score (nSPS) is 10.6. The number of hydrogen-bond donors (Lipinski definition) is 1. The van der Waals surface area contributed by atoms with Crippen LogP contribution in [0.25, 0.3) is 10.9 Å². The predicted molar refractivity (Wildman–Crippen MR) is 95.9 cm³/mol. The largest absolute Gasteiger partial charge is 0.364 e. The molecule has 3 rings (SSSR count). The van der Waals surface area contributed by atoms with Crippen molar-refractivity contribution in [3.8, 4) is 0 Å². The molecular formula is C18H21ClFN3. The van der Waals surface area contributed by atoms with Crippen LogP contribution >= 0.6 is 12.4 Å². The fourth-order valence-corrected chi connectivity index (χ4v) is 2.91. The Balaban J connectivity index is 0.00000192. The number of fused-ring (bicyclic) bond motifs is 1. The van der Waals surface area contributed by atoms with Crippen molar-refractivity contribution >= 4 is 29.1 Å². The van der Waals surface area contributed by atoms with Crippen molar-refractivity contribution in [2.45, 2.75) is 33.9 Å². The third-order valence-corrected chi connectivity index (χ3v) is 4.24. The molecule has 5 heteroatoms. The first-order valence-electron chi connectivity index (χ1n) is 7.54. The van der Waals surface area contributed by atoms with Gasteiger partial charge in [-0.3, -0.25) is 0 Å². The zero-order valence-corrected chi connectivity index (χ0v) is 14.4. The summed E-state index contributed by atoms with van der Waals surface area (Å²) in [5.41, 5.74) is 4.74. The molecule has 2 heterocycles. The highest BCUT2D eigenvalue weighted by atomic mass is 35.5. The Labute approximate surface area is 142 Å². The van der Waals surface area contributed by atoms with Crippen LogP contribution in [0.15, 0.2) is 36.5 Å². The molecule has 0 radical (unpaired) electrons. The average Bonchev–Trinajstić information content (AvgIpc) is 2.79. The molecule has 1 aromatic carbocycles. The Bertz CT molecular complexity index is 809. The van der Waals surface area contributed by atoms with Crippen LogP contribution in [0.5, 0.6) is 0 Å². The van der Waals surface area contributed by atoms with Crippen LogP contribution in [0.2, 0.25) is 0 Å². The smallest absolute Gasteiger partial charge is 0.150 e. The number of anilines is 1. The fraction of sp³-hybridized carbons (Fsp3) is 0.278.